The molecule has 2 aliphatic heterocycles. The van der Waals surface area contributed by atoms with Crippen LogP contribution in [0.25, 0.3) is 0 Å². The molecular weight excluding hydrogens is 444 g/mol. The number of carbonyl (C=O) groups is 4. The number of primary amides is 1. The van der Waals surface area contributed by atoms with E-state index in [0.717, 1.165) is 12.8 Å². The van der Waals surface area contributed by atoms with Crippen LogP contribution in [0.1, 0.15) is 52.9 Å². The lowest BCUT2D eigenvalue weighted by Crippen LogP contribution is -2.55. The van der Waals surface area contributed by atoms with Gasteiger partial charge in [-0.15, -0.1) is 0 Å². The van der Waals surface area contributed by atoms with Crippen LogP contribution in [-0.2, 0) is 19.2 Å². The molecule has 0 bridgehead atoms. The third-order valence-electron chi connectivity index (χ3n) is 5.88. The molecule has 11 heteroatoms. The zero-order valence-corrected chi connectivity index (χ0v) is 20.8. The van der Waals surface area contributed by atoms with E-state index < -0.39 is 29.3 Å². The summed E-state index contributed by atoms with van der Waals surface area (Å²) in [5.41, 5.74) is 5.21. The van der Waals surface area contributed by atoms with Crippen molar-refractivity contribution in [2.24, 2.45) is 11.7 Å². The number of likely N-dealkylation sites (tertiary alicyclic amines) is 2. The molecule has 0 aromatic carbocycles. The Bertz CT molecular complexity index is 637. The molecule has 2 heterocycles. The summed E-state index contributed by atoms with van der Waals surface area (Å²) < 4.78 is 0. The molecular formula is C19H36N4O4S3. The number of nitrogens with one attached hydrogen (secondary N) is 1. The lowest BCUT2D eigenvalue weighted by atomic mass is 10.0. The predicted molar refractivity (Wildman–Crippen MR) is 129 cm³/mol. The van der Waals surface area contributed by atoms with Gasteiger partial charge in [0.1, 0.15) is 18.1 Å². The number of rotatable bonds is 7. The van der Waals surface area contributed by atoms with Gasteiger partial charge in [0.2, 0.25) is 23.6 Å². The van der Waals surface area contributed by atoms with Gasteiger partial charge in [-0.25, -0.2) is 0 Å². The SMILES string of the molecule is CCC(C)C(S)C(=O)N1CCCC1C(=O)N1CCCC1C(=O)NC(C)C(N)=O.S.S. The first-order valence-corrected chi connectivity index (χ1v) is 10.6. The fourth-order valence-electron chi connectivity index (χ4n) is 3.80. The van der Waals surface area contributed by atoms with Crippen molar-refractivity contribution in [1.29, 1.82) is 0 Å². The molecule has 0 saturated carbocycles. The van der Waals surface area contributed by atoms with Crippen LogP contribution in [0, 0.1) is 5.92 Å². The van der Waals surface area contributed by atoms with Gasteiger partial charge in [0.25, 0.3) is 0 Å². The highest BCUT2D eigenvalue weighted by Crippen LogP contribution is 2.27. The molecule has 5 atom stereocenters. The first-order valence-electron chi connectivity index (χ1n) is 10.1. The Hall–Kier alpha value is -1.07. The largest absolute Gasteiger partial charge is 0.368 e. The number of hydrogen-bond acceptors (Lipinski definition) is 5. The Morgan fingerprint density at radius 3 is 2.10 bits per heavy atom. The van der Waals surface area contributed by atoms with Crippen molar-refractivity contribution in [3.63, 3.8) is 0 Å². The van der Waals surface area contributed by atoms with E-state index in [1.54, 1.807) is 9.80 Å². The van der Waals surface area contributed by atoms with Gasteiger partial charge in [-0.1, -0.05) is 20.3 Å². The molecule has 174 valence electrons. The fraction of sp³-hybridized carbons (Fsp3) is 0.789. The minimum atomic E-state index is -0.796. The van der Waals surface area contributed by atoms with Gasteiger partial charge in [0, 0.05) is 13.1 Å². The molecule has 0 spiro atoms. The van der Waals surface area contributed by atoms with Crippen molar-refractivity contribution in [3.05, 3.63) is 0 Å². The Balaban J connectivity index is 0.00000420. The van der Waals surface area contributed by atoms with Crippen molar-refractivity contribution in [2.45, 2.75) is 76.3 Å². The van der Waals surface area contributed by atoms with Crippen LogP contribution in [0.2, 0.25) is 0 Å². The highest BCUT2D eigenvalue weighted by atomic mass is 32.1. The topological polar surface area (TPSA) is 113 Å². The summed E-state index contributed by atoms with van der Waals surface area (Å²) in [6, 6.07) is -1.98. The number of nitrogens with two attached hydrogens (primary N) is 1. The first-order chi connectivity index (χ1) is 13.2. The monoisotopic (exact) mass is 480 g/mol. The number of nitrogens with zero attached hydrogens (tertiary/aromatic N) is 2. The third-order valence-corrected chi connectivity index (χ3v) is 6.61. The zero-order valence-electron chi connectivity index (χ0n) is 17.9. The molecule has 0 aromatic rings. The van der Waals surface area contributed by atoms with E-state index in [0.29, 0.717) is 32.4 Å². The third kappa shape index (κ3) is 6.46. The summed E-state index contributed by atoms with van der Waals surface area (Å²) in [5, 5.41) is 2.13. The van der Waals surface area contributed by atoms with Crippen molar-refractivity contribution in [2.75, 3.05) is 13.1 Å². The van der Waals surface area contributed by atoms with Crippen LogP contribution in [0.15, 0.2) is 0 Å². The molecule has 3 N–H and O–H groups in total. The van der Waals surface area contributed by atoms with Gasteiger partial charge < -0.3 is 20.9 Å². The van der Waals surface area contributed by atoms with Gasteiger partial charge in [0.15, 0.2) is 0 Å². The molecule has 2 saturated heterocycles. The molecule has 0 aliphatic carbocycles. The van der Waals surface area contributed by atoms with Crippen molar-refractivity contribution in [3.8, 4) is 0 Å². The number of carbonyl (C=O) groups excluding carboxylic acids is 4. The van der Waals surface area contributed by atoms with Crippen molar-refractivity contribution in [1.82, 2.24) is 15.1 Å². The molecule has 2 rings (SSSR count). The highest BCUT2D eigenvalue weighted by molar-refractivity contribution is 7.81. The maximum Gasteiger partial charge on any atom is 0.246 e. The smallest absolute Gasteiger partial charge is 0.246 e. The van der Waals surface area contributed by atoms with E-state index in [2.05, 4.69) is 17.9 Å². The summed E-state index contributed by atoms with van der Waals surface area (Å²) in [5.74, 6) is -1.19. The molecule has 8 nitrogen and oxygen atoms in total. The van der Waals surface area contributed by atoms with Crippen LogP contribution >= 0.6 is 39.6 Å². The average molecular weight is 481 g/mol. The maximum absolute atomic E-state index is 13.2. The van der Waals surface area contributed by atoms with Gasteiger partial charge in [-0.2, -0.15) is 39.6 Å². The summed E-state index contributed by atoms with van der Waals surface area (Å²) in [6.45, 7) is 6.50. The summed E-state index contributed by atoms with van der Waals surface area (Å²) in [6.07, 6.45) is 3.42. The molecule has 2 fully saturated rings. The summed E-state index contributed by atoms with van der Waals surface area (Å²) >= 11 is 4.48. The quantitative estimate of drug-likeness (QED) is 0.461. The number of hydrogen-bond donors (Lipinski definition) is 3. The van der Waals surface area contributed by atoms with E-state index in [1.807, 2.05) is 13.8 Å². The molecule has 0 radical (unpaired) electrons. The second-order valence-corrected chi connectivity index (χ2v) is 8.40. The second-order valence-electron chi connectivity index (χ2n) is 7.84. The van der Waals surface area contributed by atoms with E-state index in [4.69, 9.17) is 5.73 Å². The lowest BCUT2D eigenvalue weighted by Gasteiger charge is -2.33. The van der Waals surface area contributed by atoms with Crippen molar-refractivity contribution < 1.29 is 19.2 Å². The maximum atomic E-state index is 13.2. The second kappa shape index (κ2) is 12.7. The van der Waals surface area contributed by atoms with Gasteiger partial charge >= 0.3 is 0 Å². The normalized spacial score (nSPS) is 23.6. The summed E-state index contributed by atoms with van der Waals surface area (Å²) in [7, 11) is 0. The molecule has 30 heavy (non-hydrogen) atoms. The average Bonchev–Trinajstić information content (AvgIpc) is 3.34. The van der Waals surface area contributed by atoms with Crippen LogP contribution < -0.4 is 11.1 Å². The molecule has 0 aromatic heterocycles. The highest BCUT2D eigenvalue weighted by Gasteiger charge is 2.43. The number of thiol groups is 1. The Morgan fingerprint density at radius 2 is 1.57 bits per heavy atom. The Labute approximate surface area is 198 Å². The lowest BCUT2D eigenvalue weighted by molar-refractivity contribution is -0.147. The molecule has 2 aliphatic rings. The van der Waals surface area contributed by atoms with Crippen LogP contribution in [-0.4, -0.2) is 69.9 Å². The van der Waals surface area contributed by atoms with Gasteiger partial charge in [-0.3, -0.25) is 19.2 Å². The van der Waals surface area contributed by atoms with Crippen molar-refractivity contribution >= 4 is 63.2 Å². The van der Waals surface area contributed by atoms with Gasteiger partial charge in [0.05, 0.1) is 5.25 Å². The van der Waals surface area contributed by atoms with E-state index in [-0.39, 0.29) is 50.6 Å². The van der Waals surface area contributed by atoms with Crippen LogP contribution in [0.4, 0.5) is 0 Å². The summed E-state index contributed by atoms with van der Waals surface area (Å²) in [4.78, 5) is 53.0. The fourth-order valence-corrected chi connectivity index (χ4v) is 4.16. The predicted octanol–water partition coefficient (Wildman–Crippen LogP) is 0.528. The minimum absolute atomic E-state index is 0. The van der Waals surface area contributed by atoms with E-state index >= 15 is 0 Å². The van der Waals surface area contributed by atoms with E-state index in [9.17, 15) is 19.2 Å². The zero-order chi connectivity index (χ0) is 21.0. The van der Waals surface area contributed by atoms with Crippen LogP contribution in [0.3, 0.4) is 0 Å². The van der Waals surface area contributed by atoms with Crippen LogP contribution in [0.5, 0.6) is 0 Å². The first kappa shape index (κ1) is 28.9. The van der Waals surface area contributed by atoms with Gasteiger partial charge in [-0.05, 0) is 38.5 Å². The standard InChI is InChI=1S/C19H32N4O4S.2H2S/c1-4-11(2)15(28)19(27)23-10-6-8-14(23)18(26)22-9-5-7-13(22)17(25)21-12(3)16(20)24;;/h11-15,28H,4-10H2,1-3H3,(H2,20,24)(H,21,25);2*1H2. The number of amides is 4. The minimum Gasteiger partial charge on any atom is -0.368 e. The molecule has 5 unspecified atom stereocenters. The Kier molecular flexibility index (Phi) is 12.3. The molecule has 4 amide bonds. The Morgan fingerprint density at radius 1 is 1.03 bits per heavy atom. The van der Waals surface area contributed by atoms with E-state index in [1.165, 1.54) is 6.92 Å².